The maximum absolute atomic E-state index is 11.6. The second kappa shape index (κ2) is 3.69. The number of β-amino-alcohol motifs (C(OH)–C–C–N with tert-alkyl or cyclic N) is 1. The van der Waals surface area contributed by atoms with E-state index in [9.17, 15) is 13.5 Å². The minimum atomic E-state index is -3.21. The van der Waals surface area contributed by atoms with Gasteiger partial charge in [-0.3, -0.25) is 0 Å². The van der Waals surface area contributed by atoms with Gasteiger partial charge in [0.15, 0.2) is 0 Å². The Morgan fingerprint density at radius 1 is 1.47 bits per heavy atom. The first-order chi connectivity index (χ1) is 6.98. The number of hydrogen-bond acceptors (Lipinski definition) is 4. The van der Waals surface area contributed by atoms with Crippen LogP contribution >= 0.6 is 0 Å². The van der Waals surface area contributed by atoms with Gasteiger partial charge in [-0.1, -0.05) is 0 Å². The van der Waals surface area contributed by atoms with E-state index in [1.165, 1.54) is 11.4 Å². The highest BCUT2D eigenvalue weighted by atomic mass is 32.2. The van der Waals surface area contributed by atoms with Gasteiger partial charge in [0, 0.05) is 20.2 Å². The average molecular weight is 235 g/mol. The molecule has 1 heterocycles. The van der Waals surface area contributed by atoms with Crippen LogP contribution in [-0.2, 0) is 14.8 Å². The van der Waals surface area contributed by atoms with E-state index in [2.05, 4.69) is 0 Å². The third-order valence-electron chi connectivity index (χ3n) is 3.18. The molecular formula is C9H17NO4S. The van der Waals surface area contributed by atoms with Crippen molar-refractivity contribution in [1.82, 2.24) is 4.31 Å². The van der Waals surface area contributed by atoms with Crippen molar-refractivity contribution in [2.24, 2.45) is 5.92 Å². The predicted molar refractivity (Wildman–Crippen MR) is 54.9 cm³/mol. The lowest BCUT2D eigenvalue weighted by molar-refractivity contribution is -0.0765. The zero-order valence-electron chi connectivity index (χ0n) is 8.85. The summed E-state index contributed by atoms with van der Waals surface area (Å²) < 4.78 is 29.4. The highest BCUT2D eigenvalue weighted by Crippen LogP contribution is 2.45. The molecule has 15 heavy (non-hydrogen) atoms. The summed E-state index contributed by atoms with van der Waals surface area (Å²) >= 11 is 0. The van der Waals surface area contributed by atoms with Gasteiger partial charge in [0.25, 0.3) is 0 Å². The van der Waals surface area contributed by atoms with Crippen molar-refractivity contribution in [2.75, 3.05) is 32.6 Å². The van der Waals surface area contributed by atoms with E-state index in [0.29, 0.717) is 5.92 Å². The molecule has 1 aliphatic heterocycles. The molecule has 2 rings (SSSR count). The van der Waals surface area contributed by atoms with Crippen LogP contribution in [0, 0.1) is 5.92 Å². The first-order valence-electron chi connectivity index (χ1n) is 5.17. The van der Waals surface area contributed by atoms with E-state index < -0.39 is 15.6 Å². The quantitative estimate of drug-likeness (QED) is 0.692. The first-order valence-corrected chi connectivity index (χ1v) is 6.78. The van der Waals surface area contributed by atoms with Crippen LogP contribution in [0.15, 0.2) is 0 Å². The number of nitrogens with zero attached hydrogens (tertiary/aromatic N) is 1. The van der Waals surface area contributed by atoms with Crippen LogP contribution in [-0.4, -0.2) is 56.0 Å². The number of rotatable bonds is 5. The SMILES string of the molecule is COCCS(=O)(=O)N1CC(O)(C2CC2)C1. The number of aliphatic hydroxyl groups is 1. The van der Waals surface area contributed by atoms with Gasteiger partial charge < -0.3 is 9.84 Å². The fourth-order valence-corrected chi connectivity index (χ4v) is 3.43. The van der Waals surface area contributed by atoms with Gasteiger partial charge in [0.05, 0.1) is 18.0 Å². The van der Waals surface area contributed by atoms with Gasteiger partial charge in [0.2, 0.25) is 10.0 Å². The summed E-state index contributed by atoms with van der Waals surface area (Å²) in [6.07, 6.45) is 2.06. The molecule has 2 fully saturated rings. The minimum absolute atomic E-state index is 0.00421. The summed E-state index contributed by atoms with van der Waals surface area (Å²) in [5.74, 6) is 0.330. The smallest absolute Gasteiger partial charge is 0.216 e. The van der Waals surface area contributed by atoms with Gasteiger partial charge in [0.1, 0.15) is 0 Å². The normalized spacial score (nSPS) is 26.3. The summed E-state index contributed by atoms with van der Waals surface area (Å²) in [6, 6.07) is 0. The third kappa shape index (κ3) is 2.18. The molecule has 2 aliphatic rings. The molecule has 5 nitrogen and oxygen atoms in total. The van der Waals surface area contributed by atoms with E-state index in [1.54, 1.807) is 0 Å². The molecule has 1 N–H and O–H groups in total. The average Bonchev–Trinajstić information content (AvgIpc) is 2.92. The van der Waals surface area contributed by atoms with Gasteiger partial charge in [-0.05, 0) is 18.8 Å². The van der Waals surface area contributed by atoms with Gasteiger partial charge in [-0.25, -0.2) is 8.42 Å². The lowest BCUT2D eigenvalue weighted by Gasteiger charge is -2.45. The Labute approximate surface area is 90.1 Å². The molecule has 1 saturated carbocycles. The van der Waals surface area contributed by atoms with Crippen LogP contribution in [0.3, 0.4) is 0 Å². The molecule has 0 bridgehead atoms. The fraction of sp³-hybridized carbons (Fsp3) is 1.00. The summed E-state index contributed by atoms with van der Waals surface area (Å²) in [6.45, 7) is 0.744. The van der Waals surface area contributed by atoms with Gasteiger partial charge in [-0.15, -0.1) is 0 Å². The van der Waals surface area contributed by atoms with Crippen LogP contribution in [0.25, 0.3) is 0 Å². The number of hydrogen-bond donors (Lipinski definition) is 1. The molecule has 1 saturated heterocycles. The van der Waals surface area contributed by atoms with Crippen LogP contribution in [0.1, 0.15) is 12.8 Å². The van der Waals surface area contributed by atoms with Crippen molar-refractivity contribution < 1.29 is 18.3 Å². The maximum atomic E-state index is 11.6. The topological polar surface area (TPSA) is 66.8 Å². The van der Waals surface area contributed by atoms with Crippen molar-refractivity contribution >= 4 is 10.0 Å². The second-order valence-corrected chi connectivity index (χ2v) is 6.54. The zero-order valence-corrected chi connectivity index (χ0v) is 9.66. The van der Waals surface area contributed by atoms with Gasteiger partial charge in [-0.2, -0.15) is 4.31 Å². The Morgan fingerprint density at radius 2 is 2.07 bits per heavy atom. The third-order valence-corrected chi connectivity index (χ3v) is 4.90. The van der Waals surface area contributed by atoms with Crippen molar-refractivity contribution in [3.05, 3.63) is 0 Å². The largest absolute Gasteiger partial charge is 0.387 e. The monoisotopic (exact) mass is 235 g/mol. The molecule has 0 unspecified atom stereocenters. The number of ether oxygens (including phenoxy) is 1. The molecule has 0 radical (unpaired) electrons. The molecule has 88 valence electrons. The van der Waals surface area contributed by atoms with Crippen molar-refractivity contribution in [3.8, 4) is 0 Å². The lowest BCUT2D eigenvalue weighted by atomic mass is 9.91. The molecule has 0 spiro atoms. The standard InChI is InChI=1S/C9H17NO4S/c1-14-4-5-15(12,13)10-6-9(11,7-10)8-2-3-8/h8,11H,2-7H2,1H3. The Morgan fingerprint density at radius 3 is 2.53 bits per heavy atom. The van der Waals surface area contributed by atoms with E-state index in [0.717, 1.165) is 12.8 Å². The fourth-order valence-electron chi connectivity index (χ4n) is 1.96. The Bertz CT molecular complexity index is 330. The summed E-state index contributed by atoms with van der Waals surface area (Å²) in [5.41, 5.74) is -0.736. The molecule has 0 atom stereocenters. The van der Waals surface area contributed by atoms with Crippen molar-refractivity contribution in [3.63, 3.8) is 0 Å². The lowest BCUT2D eigenvalue weighted by Crippen LogP contribution is -2.65. The van der Waals surface area contributed by atoms with Gasteiger partial charge >= 0.3 is 0 Å². The van der Waals surface area contributed by atoms with E-state index in [-0.39, 0.29) is 25.4 Å². The van der Waals surface area contributed by atoms with Crippen molar-refractivity contribution in [2.45, 2.75) is 18.4 Å². The van der Waals surface area contributed by atoms with Crippen LogP contribution in [0.4, 0.5) is 0 Å². The van der Waals surface area contributed by atoms with E-state index >= 15 is 0 Å². The van der Waals surface area contributed by atoms with E-state index in [4.69, 9.17) is 4.74 Å². The van der Waals surface area contributed by atoms with Crippen molar-refractivity contribution in [1.29, 1.82) is 0 Å². The molecule has 0 aromatic rings. The summed E-state index contributed by atoms with van der Waals surface area (Å²) in [7, 11) is -1.74. The molecular weight excluding hydrogens is 218 g/mol. The maximum Gasteiger partial charge on any atom is 0.216 e. The Kier molecular flexibility index (Phi) is 2.79. The summed E-state index contributed by atoms with van der Waals surface area (Å²) in [4.78, 5) is 0. The first kappa shape index (κ1) is 11.3. The Hall–Kier alpha value is -0.170. The van der Waals surface area contributed by atoms with Crippen LogP contribution in [0.5, 0.6) is 0 Å². The highest BCUT2D eigenvalue weighted by Gasteiger charge is 2.54. The molecule has 6 heteroatoms. The number of sulfonamides is 1. The summed E-state index contributed by atoms with van der Waals surface area (Å²) in [5, 5.41) is 9.97. The molecule has 0 aromatic heterocycles. The van der Waals surface area contributed by atoms with E-state index in [1.807, 2.05) is 0 Å². The molecule has 1 aliphatic carbocycles. The highest BCUT2D eigenvalue weighted by molar-refractivity contribution is 7.89. The number of methoxy groups -OCH3 is 1. The molecule has 0 aromatic carbocycles. The Balaban J connectivity index is 1.87. The second-order valence-electron chi connectivity index (χ2n) is 4.45. The van der Waals surface area contributed by atoms with Crippen LogP contribution in [0.2, 0.25) is 0 Å². The minimum Gasteiger partial charge on any atom is -0.387 e. The zero-order chi connectivity index (χ0) is 11.1. The predicted octanol–water partition coefficient (Wildman–Crippen LogP) is -0.581. The van der Waals surface area contributed by atoms with Crippen LogP contribution < -0.4 is 0 Å². The molecule has 0 amide bonds.